The predicted octanol–water partition coefficient (Wildman–Crippen LogP) is 4.77. The van der Waals surface area contributed by atoms with E-state index in [0.29, 0.717) is 50.6 Å². The van der Waals surface area contributed by atoms with Crippen molar-refractivity contribution in [2.24, 2.45) is 9.98 Å². The second-order valence-corrected chi connectivity index (χ2v) is 16.2. The van der Waals surface area contributed by atoms with Crippen molar-refractivity contribution >= 4 is 58.8 Å². The molecule has 338 valence electrons. The van der Waals surface area contributed by atoms with Crippen molar-refractivity contribution in [3.05, 3.63) is 129 Å². The summed E-state index contributed by atoms with van der Waals surface area (Å²) in [4.78, 5) is 61.7. The van der Waals surface area contributed by atoms with Gasteiger partial charge in [0, 0.05) is 51.6 Å². The quantitative estimate of drug-likeness (QED) is 0.103. The smallest absolute Gasteiger partial charge is 0.239 e. The molecule has 2 aliphatic rings. The third kappa shape index (κ3) is 9.64. The first-order chi connectivity index (χ1) is 31.9. The van der Waals surface area contributed by atoms with Crippen LogP contribution in [0.4, 0.5) is 0 Å². The molecule has 2 aliphatic heterocycles. The van der Waals surface area contributed by atoms with Crippen molar-refractivity contribution in [1.82, 2.24) is 50.8 Å². The third-order valence-electron chi connectivity index (χ3n) is 11.0. The maximum absolute atomic E-state index is 13.3. The molecular weight excluding hydrogens is 887 g/mol. The number of benzene rings is 4. The number of carbonyl (C=O) groups is 4. The Morgan fingerprint density at radius 3 is 1.76 bits per heavy atom. The maximum Gasteiger partial charge on any atom is 0.239 e. The lowest BCUT2D eigenvalue weighted by atomic mass is 9.97. The molecule has 0 radical (unpaired) electrons. The molecule has 0 fully saturated rings. The first-order valence-corrected chi connectivity index (χ1v) is 21.6. The van der Waals surface area contributed by atoms with Crippen LogP contribution < -0.4 is 30.7 Å². The largest absolute Gasteiger partial charge is 0.497 e. The lowest BCUT2D eigenvalue weighted by molar-refractivity contribution is -0.126. The molecule has 0 spiro atoms. The predicted molar refractivity (Wildman–Crippen MR) is 247 cm³/mol. The summed E-state index contributed by atoms with van der Waals surface area (Å²) in [5.74, 6) is 1.58. The molecule has 20 heteroatoms. The van der Waals surface area contributed by atoms with Crippen molar-refractivity contribution in [3.63, 3.8) is 0 Å². The van der Waals surface area contributed by atoms with E-state index in [9.17, 15) is 19.2 Å². The molecule has 0 saturated heterocycles. The zero-order valence-corrected chi connectivity index (χ0v) is 37.8. The van der Waals surface area contributed by atoms with Gasteiger partial charge < -0.3 is 30.7 Å². The van der Waals surface area contributed by atoms with E-state index in [1.165, 1.54) is 0 Å². The number of halogens is 2. The van der Waals surface area contributed by atoms with Crippen LogP contribution in [0.1, 0.15) is 64.9 Å². The highest BCUT2D eigenvalue weighted by molar-refractivity contribution is 6.31. The van der Waals surface area contributed by atoms with Crippen LogP contribution in [0.5, 0.6) is 11.5 Å². The summed E-state index contributed by atoms with van der Waals surface area (Å²) >= 11 is 12.4. The number of ether oxygens (including phenoxy) is 2. The number of nitrogens with zero attached hydrogens (tertiary/aromatic N) is 8. The van der Waals surface area contributed by atoms with Gasteiger partial charge in [0.15, 0.2) is 11.6 Å². The zero-order valence-electron chi connectivity index (χ0n) is 36.3. The van der Waals surface area contributed by atoms with Gasteiger partial charge in [-0.2, -0.15) is 0 Å². The summed E-state index contributed by atoms with van der Waals surface area (Å²) in [6.07, 6.45) is 1.47. The first-order valence-electron chi connectivity index (χ1n) is 20.9. The molecule has 4 amide bonds. The average molecular weight is 932 g/mol. The number of aromatic nitrogens is 6. The van der Waals surface area contributed by atoms with Gasteiger partial charge in [-0.05, 0) is 74.0 Å². The number of methoxy groups -OCH3 is 2. The standard InChI is InChI=1S/C46H44Cl2N12O6/c1-25-56-58-46-35(54-44(28-7-11-30(48)12-8-28)32-19-31(65-3)13-14-36(32)59(25)46)21-40(62)53-24-42(64)50-18-17-49-41(63)23-52-39(61)20-34-45-57-55-26(2)60(45)37-15-16-38(66-4)43(33(37)22-51-34)27-5-9-29(47)10-6-27/h5-16,19,22,34-35H,17-18,20-21,23-24H2,1-4H3,(H,49,63)(H,50,64)(H,52,61)(H,53,62)/t34-,35-/m0/s1. The van der Waals surface area contributed by atoms with E-state index in [1.807, 2.05) is 77.6 Å². The van der Waals surface area contributed by atoms with Crippen molar-refractivity contribution in [1.29, 1.82) is 0 Å². The van der Waals surface area contributed by atoms with Crippen LogP contribution in [-0.4, -0.2) is 105 Å². The van der Waals surface area contributed by atoms with Gasteiger partial charge in [0.2, 0.25) is 23.6 Å². The molecule has 2 aromatic heterocycles. The summed E-state index contributed by atoms with van der Waals surface area (Å²) in [7, 11) is 3.17. The second kappa shape index (κ2) is 19.7. The van der Waals surface area contributed by atoms with Gasteiger partial charge in [-0.25, -0.2) is 0 Å². The second-order valence-electron chi connectivity index (χ2n) is 15.3. The Labute approximate surface area is 388 Å². The van der Waals surface area contributed by atoms with Gasteiger partial charge in [0.1, 0.15) is 35.2 Å². The number of aliphatic imine (C=N–C) groups is 2. The molecule has 8 rings (SSSR count). The number of hydrogen-bond acceptors (Lipinski definition) is 12. The van der Waals surface area contributed by atoms with E-state index in [2.05, 4.69) is 41.7 Å². The van der Waals surface area contributed by atoms with E-state index >= 15 is 0 Å². The minimum absolute atomic E-state index is 0.0744. The fourth-order valence-electron chi connectivity index (χ4n) is 7.82. The van der Waals surface area contributed by atoms with Gasteiger partial charge in [-0.3, -0.25) is 38.3 Å². The lowest BCUT2D eigenvalue weighted by Crippen LogP contribution is -2.42. The Balaban J connectivity index is 0.822. The third-order valence-corrected chi connectivity index (χ3v) is 11.5. The van der Waals surface area contributed by atoms with Gasteiger partial charge in [0.25, 0.3) is 0 Å². The highest BCUT2D eigenvalue weighted by Crippen LogP contribution is 2.40. The van der Waals surface area contributed by atoms with E-state index in [1.54, 1.807) is 44.7 Å². The number of aryl methyl sites for hydroxylation is 2. The Kier molecular flexibility index (Phi) is 13.5. The highest BCUT2D eigenvalue weighted by Gasteiger charge is 2.31. The Hall–Kier alpha value is -7.44. The van der Waals surface area contributed by atoms with Gasteiger partial charge >= 0.3 is 0 Å². The summed E-state index contributed by atoms with van der Waals surface area (Å²) in [6.45, 7) is 3.16. The molecule has 2 atom stereocenters. The van der Waals surface area contributed by atoms with Crippen LogP contribution in [0.2, 0.25) is 10.0 Å². The number of hydrogen-bond donors (Lipinski definition) is 4. The van der Waals surface area contributed by atoms with Crippen LogP contribution in [0.25, 0.3) is 22.5 Å². The van der Waals surface area contributed by atoms with Gasteiger partial charge in [0.05, 0.1) is 57.2 Å². The molecule has 4 heterocycles. The average Bonchev–Trinajstić information content (AvgIpc) is 3.81. The summed E-state index contributed by atoms with van der Waals surface area (Å²) < 4.78 is 15.0. The highest BCUT2D eigenvalue weighted by atomic mass is 35.5. The number of nitrogens with one attached hydrogen (secondary N) is 4. The molecule has 0 aliphatic carbocycles. The van der Waals surface area contributed by atoms with Crippen LogP contribution in [0.3, 0.4) is 0 Å². The molecule has 4 N–H and O–H groups in total. The molecule has 0 bridgehead atoms. The number of amides is 4. The minimum Gasteiger partial charge on any atom is -0.497 e. The summed E-state index contributed by atoms with van der Waals surface area (Å²) in [5.41, 5.74) is 6.07. The number of fused-ring (bicyclic) bond motifs is 6. The normalized spacial score (nSPS) is 14.5. The van der Waals surface area contributed by atoms with Crippen molar-refractivity contribution in [3.8, 4) is 34.0 Å². The monoisotopic (exact) mass is 930 g/mol. The van der Waals surface area contributed by atoms with Crippen molar-refractivity contribution in [2.75, 3.05) is 40.4 Å². The SMILES string of the molecule is COc1ccc2c(c1)C(c1ccc(Cl)cc1)=N[C@@H](CC(=O)NCC(=O)NCCNC(=O)CNC(=O)C[C@@H]1N=Cc3c(ccc(OC)c3-c3ccc(Cl)cc3)-n3c(C)nnc31)c1nnc(C)n1-2. The molecule has 18 nitrogen and oxygen atoms in total. The van der Waals surface area contributed by atoms with E-state index < -0.39 is 35.7 Å². The van der Waals surface area contributed by atoms with E-state index in [-0.39, 0.29) is 39.0 Å². The van der Waals surface area contributed by atoms with Crippen LogP contribution >= 0.6 is 23.2 Å². The van der Waals surface area contributed by atoms with Gasteiger partial charge in [-0.15, -0.1) is 20.4 Å². The van der Waals surface area contributed by atoms with Gasteiger partial charge in [-0.1, -0.05) is 47.5 Å². The minimum atomic E-state index is -0.756. The molecule has 0 unspecified atom stereocenters. The first kappa shape index (κ1) is 45.1. The summed E-state index contributed by atoms with van der Waals surface area (Å²) in [6, 6.07) is 22.5. The maximum atomic E-state index is 13.3. The molecule has 66 heavy (non-hydrogen) atoms. The Bertz CT molecular complexity index is 2890. The number of carbonyl (C=O) groups excluding carboxylic acids is 4. The molecule has 6 aromatic rings. The molecular formula is C46H44Cl2N12O6. The summed E-state index contributed by atoms with van der Waals surface area (Å²) in [5, 5.41) is 29.1. The lowest BCUT2D eigenvalue weighted by Gasteiger charge is -2.17. The van der Waals surface area contributed by atoms with E-state index in [0.717, 1.165) is 39.2 Å². The van der Waals surface area contributed by atoms with Crippen molar-refractivity contribution < 1.29 is 28.7 Å². The molecule has 0 saturated carbocycles. The fourth-order valence-corrected chi connectivity index (χ4v) is 8.08. The molecule has 4 aromatic carbocycles. The van der Waals surface area contributed by atoms with E-state index in [4.69, 9.17) is 42.7 Å². The Morgan fingerprint density at radius 2 is 1.17 bits per heavy atom. The Morgan fingerprint density at radius 1 is 0.621 bits per heavy atom. The van der Waals surface area contributed by atoms with Crippen LogP contribution in [0, 0.1) is 13.8 Å². The van der Waals surface area contributed by atoms with Crippen LogP contribution in [0.15, 0.2) is 88.8 Å². The number of rotatable bonds is 15. The van der Waals surface area contributed by atoms with Crippen LogP contribution in [-0.2, 0) is 19.2 Å². The zero-order chi connectivity index (χ0) is 46.5. The fraction of sp³-hybridized carbons (Fsp3) is 0.261. The topological polar surface area (TPSA) is 221 Å². The van der Waals surface area contributed by atoms with Crippen molar-refractivity contribution in [2.45, 2.75) is 38.8 Å².